The minimum atomic E-state index is -0.491. The smallest absolute Gasteiger partial charge is 0.277 e. The molecular formula is C18H16N4O4S. The molecule has 3 aromatic rings. The summed E-state index contributed by atoms with van der Waals surface area (Å²) in [7, 11) is 0. The van der Waals surface area contributed by atoms with Gasteiger partial charge in [0, 0.05) is 24.2 Å². The number of nitro groups is 1. The van der Waals surface area contributed by atoms with Crippen molar-refractivity contribution in [1.82, 2.24) is 15.5 Å². The highest BCUT2D eigenvalue weighted by Crippen LogP contribution is 2.27. The van der Waals surface area contributed by atoms with E-state index in [1.807, 2.05) is 30.3 Å². The Morgan fingerprint density at radius 3 is 2.74 bits per heavy atom. The third kappa shape index (κ3) is 4.91. The SMILES string of the molecule is C[C@@H](Sc1nnc(-c2cccc([N+](=O)[O-])c2)o1)C(=O)NCc1ccccc1. The Labute approximate surface area is 159 Å². The molecule has 0 aliphatic rings. The molecule has 2 aromatic carbocycles. The lowest BCUT2D eigenvalue weighted by Gasteiger charge is -2.09. The van der Waals surface area contributed by atoms with Crippen LogP contribution in [0.25, 0.3) is 11.5 Å². The molecule has 0 saturated carbocycles. The summed E-state index contributed by atoms with van der Waals surface area (Å²) in [5.41, 5.74) is 1.40. The zero-order valence-electron chi connectivity index (χ0n) is 14.4. The van der Waals surface area contributed by atoms with E-state index in [9.17, 15) is 14.9 Å². The van der Waals surface area contributed by atoms with Crippen LogP contribution in [-0.2, 0) is 11.3 Å². The molecule has 1 heterocycles. The first-order valence-electron chi connectivity index (χ1n) is 8.09. The minimum absolute atomic E-state index is 0.0615. The molecule has 0 fully saturated rings. The molecule has 0 spiro atoms. The maximum atomic E-state index is 12.2. The summed E-state index contributed by atoms with van der Waals surface area (Å²) in [4.78, 5) is 22.6. The van der Waals surface area contributed by atoms with Gasteiger partial charge in [0.15, 0.2) is 0 Å². The average Bonchev–Trinajstić information content (AvgIpc) is 3.15. The fraction of sp³-hybridized carbons (Fsp3) is 0.167. The molecule has 138 valence electrons. The number of nitro benzene ring substituents is 1. The summed E-state index contributed by atoms with van der Waals surface area (Å²) in [6, 6.07) is 15.5. The minimum Gasteiger partial charge on any atom is -0.411 e. The molecule has 27 heavy (non-hydrogen) atoms. The van der Waals surface area contributed by atoms with Crippen molar-refractivity contribution in [2.45, 2.75) is 23.9 Å². The van der Waals surface area contributed by atoms with Crippen LogP contribution < -0.4 is 5.32 Å². The van der Waals surface area contributed by atoms with E-state index in [4.69, 9.17) is 4.42 Å². The number of amides is 1. The first-order valence-corrected chi connectivity index (χ1v) is 8.97. The number of thioether (sulfide) groups is 1. The van der Waals surface area contributed by atoms with Gasteiger partial charge in [-0.2, -0.15) is 0 Å². The van der Waals surface area contributed by atoms with Crippen molar-refractivity contribution in [3.05, 3.63) is 70.3 Å². The van der Waals surface area contributed by atoms with E-state index in [-0.39, 0.29) is 22.7 Å². The topological polar surface area (TPSA) is 111 Å². The molecule has 8 nitrogen and oxygen atoms in total. The monoisotopic (exact) mass is 384 g/mol. The lowest BCUT2D eigenvalue weighted by molar-refractivity contribution is -0.384. The van der Waals surface area contributed by atoms with Crippen LogP contribution in [0.15, 0.2) is 64.2 Å². The van der Waals surface area contributed by atoms with Crippen molar-refractivity contribution >= 4 is 23.4 Å². The number of hydrogen-bond donors (Lipinski definition) is 1. The van der Waals surface area contributed by atoms with Crippen molar-refractivity contribution in [2.75, 3.05) is 0 Å². The number of non-ortho nitro benzene ring substituents is 1. The van der Waals surface area contributed by atoms with Crippen LogP contribution in [0.1, 0.15) is 12.5 Å². The number of nitrogens with one attached hydrogen (secondary N) is 1. The normalized spacial score (nSPS) is 11.7. The first kappa shape index (κ1) is 18.6. The van der Waals surface area contributed by atoms with E-state index in [1.165, 1.54) is 12.1 Å². The second-order valence-electron chi connectivity index (χ2n) is 5.64. The Balaban J connectivity index is 1.60. The predicted octanol–water partition coefficient (Wildman–Crippen LogP) is 3.44. The van der Waals surface area contributed by atoms with Gasteiger partial charge in [0.1, 0.15) is 0 Å². The summed E-state index contributed by atoms with van der Waals surface area (Å²) < 4.78 is 5.53. The van der Waals surface area contributed by atoms with Crippen LogP contribution in [0.3, 0.4) is 0 Å². The van der Waals surface area contributed by atoms with Crippen molar-refractivity contribution in [3.63, 3.8) is 0 Å². The number of aromatic nitrogens is 2. The maximum absolute atomic E-state index is 12.2. The molecule has 0 aliphatic heterocycles. The summed E-state index contributed by atoms with van der Waals surface area (Å²) in [5, 5.41) is 21.3. The van der Waals surface area contributed by atoms with Gasteiger partial charge in [-0.1, -0.05) is 48.2 Å². The number of carbonyl (C=O) groups excluding carboxylic acids is 1. The van der Waals surface area contributed by atoms with Crippen LogP contribution in [0.2, 0.25) is 0 Å². The molecule has 1 atom stereocenters. The Morgan fingerprint density at radius 1 is 1.22 bits per heavy atom. The van der Waals surface area contributed by atoms with Gasteiger partial charge < -0.3 is 9.73 Å². The lowest BCUT2D eigenvalue weighted by Crippen LogP contribution is -2.30. The van der Waals surface area contributed by atoms with Crippen LogP contribution in [0, 0.1) is 10.1 Å². The van der Waals surface area contributed by atoms with Crippen LogP contribution in [0.4, 0.5) is 5.69 Å². The Bertz CT molecular complexity index is 945. The average molecular weight is 384 g/mol. The number of hydrogen-bond acceptors (Lipinski definition) is 7. The number of rotatable bonds is 7. The lowest BCUT2D eigenvalue weighted by atomic mass is 10.2. The Kier molecular flexibility index (Phi) is 5.82. The molecule has 3 rings (SSSR count). The third-order valence-electron chi connectivity index (χ3n) is 3.67. The van der Waals surface area contributed by atoms with Gasteiger partial charge in [-0.25, -0.2) is 0 Å². The van der Waals surface area contributed by atoms with E-state index in [0.717, 1.165) is 17.3 Å². The second kappa shape index (κ2) is 8.45. The molecule has 0 unspecified atom stereocenters. The fourth-order valence-electron chi connectivity index (χ4n) is 2.26. The van der Waals surface area contributed by atoms with Gasteiger partial charge >= 0.3 is 0 Å². The van der Waals surface area contributed by atoms with Crippen molar-refractivity contribution in [3.8, 4) is 11.5 Å². The molecule has 0 aliphatic carbocycles. The highest BCUT2D eigenvalue weighted by molar-refractivity contribution is 8.00. The summed E-state index contributed by atoms with van der Waals surface area (Å²) in [6.07, 6.45) is 0. The standard InChI is InChI=1S/C18H16N4O4S/c1-12(16(23)19-11-13-6-3-2-4-7-13)27-18-21-20-17(26-18)14-8-5-9-15(10-14)22(24)25/h2-10,12H,11H2,1H3,(H,19,23)/t12-/m1/s1. The van der Waals surface area contributed by atoms with E-state index in [2.05, 4.69) is 15.5 Å². The van der Waals surface area contributed by atoms with Crippen LogP contribution in [0.5, 0.6) is 0 Å². The number of benzene rings is 2. The highest BCUT2D eigenvalue weighted by atomic mass is 32.2. The summed E-state index contributed by atoms with van der Waals surface area (Å²) in [6.45, 7) is 2.18. The molecule has 1 amide bonds. The molecule has 0 bridgehead atoms. The van der Waals surface area contributed by atoms with Crippen molar-refractivity contribution in [2.24, 2.45) is 0 Å². The zero-order chi connectivity index (χ0) is 19.2. The Morgan fingerprint density at radius 2 is 2.00 bits per heavy atom. The van der Waals surface area contributed by atoms with Crippen molar-refractivity contribution < 1.29 is 14.1 Å². The molecule has 1 N–H and O–H groups in total. The quantitative estimate of drug-likeness (QED) is 0.377. The number of carbonyl (C=O) groups is 1. The van der Waals surface area contributed by atoms with Gasteiger partial charge in [-0.15, -0.1) is 10.2 Å². The fourth-order valence-corrected chi connectivity index (χ4v) is 2.97. The third-order valence-corrected chi connectivity index (χ3v) is 4.60. The van der Waals surface area contributed by atoms with E-state index < -0.39 is 10.2 Å². The summed E-state index contributed by atoms with van der Waals surface area (Å²) in [5.74, 6) is 0.0112. The van der Waals surface area contributed by atoms with E-state index in [0.29, 0.717) is 12.1 Å². The maximum Gasteiger partial charge on any atom is 0.277 e. The van der Waals surface area contributed by atoms with E-state index >= 15 is 0 Å². The molecule has 1 aromatic heterocycles. The van der Waals surface area contributed by atoms with Gasteiger partial charge in [0.2, 0.25) is 11.8 Å². The Hall–Kier alpha value is -3.20. The zero-order valence-corrected chi connectivity index (χ0v) is 15.2. The second-order valence-corrected chi connectivity index (χ2v) is 6.94. The molecular weight excluding hydrogens is 368 g/mol. The first-order chi connectivity index (χ1) is 13.0. The van der Waals surface area contributed by atoms with Crippen LogP contribution in [-0.4, -0.2) is 26.3 Å². The number of nitrogens with zero attached hydrogens (tertiary/aromatic N) is 3. The van der Waals surface area contributed by atoms with Gasteiger partial charge in [0.05, 0.1) is 10.2 Å². The van der Waals surface area contributed by atoms with Crippen LogP contribution >= 0.6 is 11.8 Å². The predicted molar refractivity (Wildman–Crippen MR) is 100.0 cm³/mol. The summed E-state index contributed by atoms with van der Waals surface area (Å²) >= 11 is 1.13. The van der Waals surface area contributed by atoms with Gasteiger partial charge in [-0.05, 0) is 18.6 Å². The van der Waals surface area contributed by atoms with Crippen molar-refractivity contribution in [1.29, 1.82) is 0 Å². The molecule has 0 saturated heterocycles. The highest BCUT2D eigenvalue weighted by Gasteiger charge is 2.19. The molecule has 9 heteroatoms. The van der Waals surface area contributed by atoms with E-state index in [1.54, 1.807) is 19.1 Å². The van der Waals surface area contributed by atoms with Gasteiger partial charge in [0.25, 0.3) is 10.9 Å². The molecule has 0 radical (unpaired) electrons. The van der Waals surface area contributed by atoms with Gasteiger partial charge in [-0.3, -0.25) is 14.9 Å². The largest absolute Gasteiger partial charge is 0.411 e.